The van der Waals surface area contributed by atoms with E-state index >= 15 is 0 Å². The van der Waals surface area contributed by atoms with Crippen LogP contribution >= 0.6 is 0 Å². The summed E-state index contributed by atoms with van der Waals surface area (Å²) in [7, 11) is 0. The van der Waals surface area contributed by atoms with Gasteiger partial charge in [0.2, 0.25) is 5.91 Å². The Morgan fingerprint density at radius 3 is 3.00 bits per heavy atom. The van der Waals surface area contributed by atoms with Crippen LogP contribution in [0.5, 0.6) is 0 Å². The summed E-state index contributed by atoms with van der Waals surface area (Å²) in [5.41, 5.74) is 1.89. The summed E-state index contributed by atoms with van der Waals surface area (Å²) in [5, 5.41) is 11.5. The number of carbonyl (C=O) groups is 1. The minimum Gasteiger partial charge on any atom is -0.384 e. The van der Waals surface area contributed by atoms with Gasteiger partial charge in [0.1, 0.15) is 6.61 Å². The van der Waals surface area contributed by atoms with Crippen molar-refractivity contribution in [2.24, 2.45) is 5.92 Å². The summed E-state index contributed by atoms with van der Waals surface area (Å²) in [6, 6.07) is 7.67. The number of hydrogen-bond donors (Lipinski definition) is 2. The summed E-state index contributed by atoms with van der Waals surface area (Å²) >= 11 is 0. The lowest BCUT2D eigenvalue weighted by atomic mass is 10.1. The van der Waals surface area contributed by atoms with Crippen LogP contribution in [0.25, 0.3) is 0 Å². The standard InChI is InChI=1S/C14H15NO2/c16-8-2-5-11-3-1-4-12(9-11)10-15-14(17)13-6-7-13/h1,3-4,9,13,16H,6-8,10H2,(H,15,17). The van der Waals surface area contributed by atoms with E-state index in [1.165, 1.54) is 0 Å². The van der Waals surface area contributed by atoms with Gasteiger partial charge in [-0.3, -0.25) is 4.79 Å². The lowest BCUT2D eigenvalue weighted by molar-refractivity contribution is -0.122. The first kappa shape index (κ1) is 11.7. The molecule has 1 amide bonds. The van der Waals surface area contributed by atoms with Gasteiger partial charge in [0.15, 0.2) is 0 Å². The zero-order valence-corrected chi connectivity index (χ0v) is 9.57. The van der Waals surface area contributed by atoms with Gasteiger partial charge in [0.25, 0.3) is 0 Å². The predicted molar refractivity (Wildman–Crippen MR) is 65.0 cm³/mol. The van der Waals surface area contributed by atoms with Crippen LogP contribution in [0, 0.1) is 17.8 Å². The Hall–Kier alpha value is -1.79. The second-order valence-corrected chi connectivity index (χ2v) is 4.15. The molecule has 17 heavy (non-hydrogen) atoms. The van der Waals surface area contributed by atoms with Gasteiger partial charge in [0.05, 0.1) is 0 Å². The van der Waals surface area contributed by atoms with E-state index in [0.29, 0.717) is 6.54 Å². The molecule has 0 spiro atoms. The van der Waals surface area contributed by atoms with E-state index in [-0.39, 0.29) is 18.4 Å². The minimum absolute atomic E-state index is 0.136. The number of nitrogens with one attached hydrogen (secondary N) is 1. The first-order chi connectivity index (χ1) is 8.29. The Labute approximate surface area is 101 Å². The van der Waals surface area contributed by atoms with Crippen molar-refractivity contribution in [3.05, 3.63) is 35.4 Å². The Morgan fingerprint density at radius 1 is 1.47 bits per heavy atom. The highest BCUT2D eigenvalue weighted by molar-refractivity contribution is 5.80. The molecule has 3 nitrogen and oxygen atoms in total. The molecule has 1 aliphatic carbocycles. The summed E-state index contributed by atoms with van der Waals surface area (Å²) in [6.07, 6.45) is 2.04. The second-order valence-electron chi connectivity index (χ2n) is 4.15. The molecule has 0 bridgehead atoms. The largest absolute Gasteiger partial charge is 0.384 e. The van der Waals surface area contributed by atoms with E-state index in [1.807, 2.05) is 24.3 Å². The molecule has 2 rings (SSSR count). The topological polar surface area (TPSA) is 49.3 Å². The molecule has 0 radical (unpaired) electrons. The van der Waals surface area contributed by atoms with Gasteiger partial charge in [-0.1, -0.05) is 24.0 Å². The fourth-order valence-electron chi connectivity index (χ4n) is 1.58. The van der Waals surface area contributed by atoms with E-state index in [1.54, 1.807) is 0 Å². The maximum atomic E-state index is 11.5. The molecule has 0 unspecified atom stereocenters. The van der Waals surface area contributed by atoms with Crippen LogP contribution in [0.3, 0.4) is 0 Å². The molecular formula is C14H15NO2. The van der Waals surface area contributed by atoms with Gasteiger partial charge in [-0.05, 0) is 30.5 Å². The molecule has 3 heteroatoms. The highest BCUT2D eigenvalue weighted by Crippen LogP contribution is 2.28. The van der Waals surface area contributed by atoms with Crippen LogP contribution in [-0.2, 0) is 11.3 Å². The maximum absolute atomic E-state index is 11.5. The fourth-order valence-corrected chi connectivity index (χ4v) is 1.58. The van der Waals surface area contributed by atoms with Gasteiger partial charge in [0, 0.05) is 18.0 Å². The maximum Gasteiger partial charge on any atom is 0.223 e. The normalized spacial score (nSPS) is 13.7. The Balaban J connectivity index is 1.93. The van der Waals surface area contributed by atoms with Gasteiger partial charge in [-0.2, -0.15) is 0 Å². The first-order valence-corrected chi connectivity index (χ1v) is 5.76. The van der Waals surface area contributed by atoms with Crippen molar-refractivity contribution in [1.82, 2.24) is 5.32 Å². The molecule has 0 aliphatic heterocycles. The number of carbonyl (C=O) groups excluding carboxylic acids is 1. The first-order valence-electron chi connectivity index (χ1n) is 5.76. The van der Waals surface area contributed by atoms with Gasteiger partial charge < -0.3 is 10.4 Å². The summed E-state index contributed by atoms with van der Waals surface area (Å²) < 4.78 is 0. The molecule has 1 aliphatic rings. The number of hydrogen-bond acceptors (Lipinski definition) is 2. The van der Waals surface area contributed by atoms with Crippen molar-refractivity contribution >= 4 is 5.91 Å². The molecule has 1 fully saturated rings. The van der Waals surface area contributed by atoms with Crippen LogP contribution in [0.2, 0.25) is 0 Å². The van der Waals surface area contributed by atoms with Crippen molar-refractivity contribution in [3.63, 3.8) is 0 Å². The van der Waals surface area contributed by atoms with E-state index in [0.717, 1.165) is 24.0 Å². The number of amides is 1. The molecule has 0 aromatic heterocycles. The smallest absolute Gasteiger partial charge is 0.223 e. The molecule has 1 saturated carbocycles. The second kappa shape index (κ2) is 5.51. The molecule has 0 saturated heterocycles. The van der Waals surface area contributed by atoms with E-state index in [4.69, 9.17) is 5.11 Å². The van der Waals surface area contributed by atoms with Crippen LogP contribution in [0.15, 0.2) is 24.3 Å². The number of aliphatic hydroxyl groups excluding tert-OH is 1. The third-order valence-corrected chi connectivity index (χ3v) is 2.65. The molecule has 1 aromatic carbocycles. The Bertz CT molecular complexity index is 467. The molecule has 2 N–H and O–H groups in total. The van der Waals surface area contributed by atoms with Crippen molar-refractivity contribution in [2.75, 3.05) is 6.61 Å². The summed E-state index contributed by atoms with van der Waals surface area (Å²) in [5.74, 6) is 5.84. The summed E-state index contributed by atoms with van der Waals surface area (Å²) in [4.78, 5) is 11.5. The number of benzene rings is 1. The highest BCUT2D eigenvalue weighted by Gasteiger charge is 2.29. The zero-order chi connectivity index (χ0) is 12.1. The van der Waals surface area contributed by atoms with Crippen LogP contribution < -0.4 is 5.32 Å². The third-order valence-electron chi connectivity index (χ3n) is 2.65. The Morgan fingerprint density at radius 2 is 2.29 bits per heavy atom. The van der Waals surface area contributed by atoms with Crippen LogP contribution in [0.1, 0.15) is 24.0 Å². The SMILES string of the molecule is O=C(NCc1cccc(C#CCO)c1)C1CC1. The number of aliphatic hydroxyl groups is 1. The van der Waals surface area contributed by atoms with Crippen molar-refractivity contribution in [1.29, 1.82) is 0 Å². The fraction of sp³-hybridized carbons (Fsp3) is 0.357. The molecular weight excluding hydrogens is 214 g/mol. The minimum atomic E-state index is -0.136. The van der Waals surface area contributed by atoms with E-state index in [2.05, 4.69) is 17.2 Å². The predicted octanol–water partition coefficient (Wildman–Crippen LogP) is 1.06. The third kappa shape index (κ3) is 3.61. The summed E-state index contributed by atoms with van der Waals surface area (Å²) in [6.45, 7) is 0.409. The average Bonchev–Trinajstić information content (AvgIpc) is 3.18. The van der Waals surface area contributed by atoms with E-state index in [9.17, 15) is 4.79 Å². The lowest BCUT2D eigenvalue weighted by Gasteiger charge is -2.04. The quantitative estimate of drug-likeness (QED) is 0.761. The van der Waals surface area contributed by atoms with Crippen molar-refractivity contribution in [2.45, 2.75) is 19.4 Å². The van der Waals surface area contributed by atoms with Crippen molar-refractivity contribution in [3.8, 4) is 11.8 Å². The van der Waals surface area contributed by atoms with Gasteiger partial charge in [-0.15, -0.1) is 0 Å². The average molecular weight is 229 g/mol. The molecule has 88 valence electrons. The molecule has 0 atom stereocenters. The van der Waals surface area contributed by atoms with Gasteiger partial charge >= 0.3 is 0 Å². The lowest BCUT2D eigenvalue weighted by Crippen LogP contribution is -2.24. The van der Waals surface area contributed by atoms with Crippen LogP contribution in [0.4, 0.5) is 0 Å². The van der Waals surface area contributed by atoms with Gasteiger partial charge in [-0.25, -0.2) is 0 Å². The monoisotopic (exact) mass is 229 g/mol. The number of rotatable bonds is 3. The molecule has 1 aromatic rings. The highest BCUT2D eigenvalue weighted by atomic mass is 16.2. The van der Waals surface area contributed by atoms with E-state index < -0.39 is 0 Å². The van der Waals surface area contributed by atoms with Crippen LogP contribution in [-0.4, -0.2) is 17.6 Å². The zero-order valence-electron chi connectivity index (χ0n) is 9.57. The van der Waals surface area contributed by atoms with Crippen molar-refractivity contribution < 1.29 is 9.90 Å². The molecule has 0 heterocycles. The Kier molecular flexibility index (Phi) is 3.79.